The van der Waals surface area contributed by atoms with Gasteiger partial charge in [0, 0.05) is 30.5 Å². The van der Waals surface area contributed by atoms with E-state index in [0.717, 1.165) is 12.1 Å². The third-order valence-electron chi connectivity index (χ3n) is 3.06. The molecule has 2 N–H and O–H groups in total. The largest absolute Gasteiger partial charge is 0.573 e. The monoisotopic (exact) mass is 356 g/mol. The number of aromatic nitrogens is 2. The van der Waals surface area contributed by atoms with Crippen molar-refractivity contribution in [3.8, 4) is 5.75 Å². The molecule has 0 aliphatic rings. The summed E-state index contributed by atoms with van der Waals surface area (Å²) in [5.74, 6) is -0.384. The van der Waals surface area contributed by atoms with Crippen LogP contribution in [0.2, 0.25) is 0 Å². The van der Waals surface area contributed by atoms with Crippen molar-refractivity contribution in [2.45, 2.75) is 19.8 Å². The number of urea groups is 1. The Bertz CT molecular complexity index is 788. The molecule has 1 aromatic heterocycles. The van der Waals surface area contributed by atoms with Crippen LogP contribution in [0.1, 0.15) is 5.56 Å². The summed E-state index contributed by atoms with van der Waals surface area (Å²) < 4.78 is 41.3. The summed E-state index contributed by atoms with van der Waals surface area (Å²) in [6.45, 7) is 2.05. The van der Waals surface area contributed by atoms with Crippen LogP contribution in [0.25, 0.3) is 0 Å². The van der Waals surface area contributed by atoms with Gasteiger partial charge in [-0.25, -0.2) is 9.78 Å². The molecule has 2 amide bonds. The number of amides is 2. The molecule has 2 aromatic rings. The Kier molecular flexibility index (Phi) is 5.63. The van der Waals surface area contributed by atoms with Crippen molar-refractivity contribution >= 4 is 11.7 Å². The standard InChI is InChI=1S/C15H15F3N4O3/c1-10-8-19-9-22(13(10)23)7-6-20-14(24)21-11-2-4-12(5-3-11)25-15(16,17)18/h2-5,8-9H,6-7H2,1H3,(H2,20,21,24). The Morgan fingerprint density at radius 3 is 2.60 bits per heavy atom. The molecular formula is C15H15F3N4O3. The molecule has 7 nitrogen and oxygen atoms in total. The van der Waals surface area contributed by atoms with Crippen molar-refractivity contribution in [3.05, 3.63) is 52.7 Å². The molecule has 2 rings (SSSR count). The second-order valence-corrected chi connectivity index (χ2v) is 5.03. The summed E-state index contributed by atoms with van der Waals surface area (Å²) in [5, 5.41) is 4.98. The predicted molar refractivity (Wildman–Crippen MR) is 83.4 cm³/mol. The number of ether oxygens (including phenoxy) is 1. The van der Waals surface area contributed by atoms with Gasteiger partial charge >= 0.3 is 12.4 Å². The van der Waals surface area contributed by atoms with Gasteiger partial charge in [-0.1, -0.05) is 0 Å². The summed E-state index contributed by atoms with van der Waals surface area (Å²) in [5.41, 5.74) is 0.590. The minimum atomic E-state index is -4.77. The number of aryl methyl sites for hydroxylation is 1. The van der Waals surface area contributed by atoms with Crippen molar-refractivity contribution in [2.24, 2.45) is 0 Å². The number of rotatable bonds is 5. The van der Waals surface area contributed by atoms with Crippen LogP contribution in [0.3, 0.4) is 0 Å². The van der Waals surface area contributed by atoms with Crippen LogP contribution in [0.4, 0.5) is 23.7 Å². The smallest absolute Gasteiger partial charge is 0.406 e. The molecule has 0 saturated heterocycles. The Morgan fingerprint density at radius 1 is 1.28 bits per heavy atom. The van der Waals surface area contributed by atoms with Crippen molar-refractivity contribution in [1.29, 1.82) is 0 Å². The quantitative estimate of drug-likeness (QED) is 0.861. The molecule has 0 aliphatic heterocycles. The second-order valence-electron chi connectivity index (χ2n) is 5.03. The molecule has 134 valence electrons. The molecule has 0 bridgehead atoms. The van der Waals surface area contributed by atoms with E-state index in [1.54, 1.807) is 6.92 Å². The third kappa shape index (κ3) is 5.83. The van der Waals surface area contributed by atoms with Gasteiger partial charge in [-0.15, -0.1) is 13.2 Å². The van der Waals surface area contributed by atoms with Gasteiger partial charge < -0.3 is 15.4 Å². The zero-order valence-electron chi connectivity index (χ0n) is 13.1. The van der Waals surface area contributed by atoms with Gasteiger partial charge in [-0.05, 0) is 31.2 Å². The first-order chi connectivity index (χ1) is 11.7. The number of alkyl halides is 3. The second kappa shape index (κ2) is 7.69. The van der Waals surface area contributed by atoms with Crippen molar-refractivity contribution in [1.82, 2.24) is 14.9 Å². The molecule has 0 aliphatic carbocycles. The zero-order chi connectivity index (χ0) is 18.4. The molecule has 1 aromatic carbocycles. The van der Waals surface area contributed by atoms with E-state index in [-0.39, 0.29) is 24.4 Å². The predicted octanol–water partition coefficient (Wildman–Crippen LogP) is 2.27. The molecule has 0 saturated carbocycles. The van der Waals surface area contributed by atoms with E-state index in [2.05, 4.69) is 20.4 Å². The fourth-order valence-corrected chi connectivity index (χ4v) is 1.92. The Balaban J connectivity index is 1.82. The summed E-state index contributed by atoms with van der Waals surface area (Å²) in [6.07, 6.45) is -1.95. The highest BCUT2D eigenvalue weighted by Crippen LogP contribution is 2.23. The van der Waals surface area contributed by atoms with Crippen molar-refractivity contribution < 1.29 is 22.7 Å². The van der Waals surface area contributed by atoms with Gasteiger partial charge in [-0.2, -0.15) is 0 Å². The molecule has 0 unspecified atom stereocenters. The molecule has 25 heavy (non-hydrogen) atoms. The highest BCUT2D eigenvalue weighted by molar-refractivity contribution is 5.89. The lowest BCUT2D eigenvalue weighted by atomic mass is 10.3. The van der Waals surface area contributed by atoms with Crippen LogP contribution >= 0.6 is 0 Å². The molecule has 1 heterocycles. The molecule has 0 atom stereocenters. The molecule has 10 heteroatoms. The van der Waals surface area contributed by atoms with E-state index in [1.807, 2.05) is 0 Å². The summed E-state index contributed by atoms with van der Waals surface area (Å²) in [6, 6.07) is 4.16. The first kappa shape index (κ1) is 18.3. The topological polar surface area (TPSA) is 85.2 Å². The van der Waals surface area contributed by atoms with Crippen LogP contribution in [0, 0.1) is 6.92 Å². The number of hydrogen-bond donors (Lipinski definition) is 2. The Labute approximate surface area is 140 Å². The maximum atomic E-state index is 12.1. The number of halogens is 3. The fourth-order valence-electron chi connectivity index (χ4n) is 1.92. The molecule has 0 spiro atoms. The number of carbonyl (C=O) groups excluding carboxylic acids is 1. The number of nitrogens with zero attached hydrogens (tertiary/aromatic N) is 2. The van der Waals surface area contributed by atoms with E-state index in [4.69, 9.17) is 0 Å². The van der Waals surface area contributed by atoms with Gasteiger partial charge in [0.1, 0.15) is 5.75 Å². The van der Waals surface area contributed by atoms with Crippen molar-refractivity contribution in [3.63, 3.8) is 0 Å². The van der Waals surface area contributed by atoms with Crippen LogP contribution in [-0.2, 0) is 6.54 Å². The lowest BCUT2D eigenvalue weighted by Gasteiger charge is -2.11. The number of benzene rings is 1. The lowest BCUT2D eigenvalue weighted by molar-refractivity contribution is -0.274. The molecule has 0 fully saturated rings. The average Bonchev–Trinajstić information content (AvgIpc) is 2.52. The third-order valence-corrected chi connectivity index (χ3v) is 3.06. The van der Waals surface area contributed by atoms with Gasteiger partial charge in [0.05, 0.1) is 6.33 Å². The zero-order valence-corrected chi connectivity index (χ0v) is 13.1. The summed E-state index contributed by atoms with van der Waals surface area (Å²) >= 11 is 0. The fraction of sp³-hybridized carbons (Fsp3) is 0.267. The van der Waals surface area contributed by atoms with Crippen LogP contribution in [0.15, 0.2) is 41.6 Å². The number of anilines is 1. The maximum Gasteiger partial charge on any atom is 0.573 e. The van der Waals surface area contributed by atoms with Gasteiger partial charge in [0.15, 0.2) is 0 Å². The SMILES string of the molecule is Cc1cncn(CCNC(=O)Nc2ccc(OC(F)(F)F)cc2)c1=O. The van der Waals surface area contributed by atoms with Crippen molar-refractivity contribution in [2.75, 3.05) is 11.9 Å². The normalized spacial score (nSPS) is 11.0. The average molecular weight is 356 g/mol. The maximum absolute atomic E-state index is 12.1. The van der Waals surface area contributed by atoms with E-state index >= 15 is 0 Å². The van der Waals surface area contributed by atoms with Crippen LogP contribution < -0.4 is 20.9 Å². The van der Waals surface area contributed by atoms with Crippen LogP contribution in [-0.4, -0.2) is 28.5 Å². The van der Waals surface area contributed by atoms with E-state index in [0.29, 0.717) is 11.3 Å². The van der Waals surface area contributed by atoms with E-state index in [9.17, 15) is 22.8 Å². The summed E-state index contributed by atoms with van der Waals surface area (Å²) in [4.78, 5) is 27.4. The lowest BCUT2D eigenvalue weighted by Crippen LogP contribution is -2.34. The highest BCUT2D eigenvalue weighted by atomic mass is 19.4. The Morgan fingerprint density at radius 2 is 1.96 bits per heavy atom. The van der Waals surface area contributed by atoms with Gasteiger partial charge in [0.2, 0.25) is 0 Å². The van der Waals surface area contributed by atoms with E-state index < -0.39 is 12.4 Å². The number of nitrogens with one attached hydrogen (secondary N) is 2. The summed E-state index contributed by atoms with van der Waals surface area (Å²) in [7, 11) is 0. The number of carbonyl (C=O) groups is 1. The van der Waals surface area contributed by atoms with E-state index in [1.165, 1.54) is 29.2 Å². The first-order valence-corrected chi connectivity index (χ1v) is 7.16. The first-order valence-electron chi connectivity index (χ1n) is 7.16. The van der Waals surface area contributed by atoms with Gasteiger partial charge in [-0.3, -0.25) is 9.36 Å². The Hall–Kier alpha value is -3.04. The highest BCUT2D eigenvalue weighted by Gasteiger charge is 2.30. The van der Waals surface area contributed by atoms with Crippen LogP contribution in [0.5, 0.6) is 5.75 Å². The molecule has 0 radical (unpaired) electrons. The molecular weight excluding hydrogens is 341 g/mol. The minimum absolute atomic E-state index is 0.173. The van der Waals surface area contributed by atoms with Gasteiger partial charge in [0.25, 0.3) is 5.56 Å². The minimum Gasteiger partial charge on any atom is -0.406 e. The number of hydrogen-bond acceptors (Lipinski definition) is 4.